The third-order valence-electron chi connectivity index (χ3n) is 2.60. The Morgan fingerprint density at radius 3 is 2.50 bits per heavy atom. The molecular formula is C13H18BrClFNO. The topological polar surface area (TPSA) is 32.3 Å². The van der Waals surface area contributed by atoms with Crippen LogP contribution < -0.4 is 5.32 Å². The van der Waals surface area contributed by atoms with E-state index in [1.54, 1.807) is 0 Å². The zero-order chi connectivity index (χ0) is 13.9. The number of aliphatic hydroxyl groups excluding tert-OH is 1. The summed E-state index contributed by atoms with van der Waals surface area (Å²) in [7, 11) is 0. The Morgan fingerprint density at radius 2 is 2.06 bits per heavy atom. The van der Waals surface area contributed by atoms with Crippen molar-refractivity contribution >= 4 is 33.2 Å². The van der Waals surface area contributed by atoms with Crippen LogP contribution in [0.2, 0.25) is 0 Å². The van der Waals surface area contributed by atoms with Crippen LogP contribution >= 0.6 is 27.5 Å². The Morgan fingerprint density at radius 1 is 1.44 bits per heavy atom. The minimum Gasteiger partial charge on any atom is -0.390 e. The lowest BCUT2D eigenvalue weighted by Crippen LogP contribution is -2.21. The van der Waals surface area contributed by atoms with Crippen LogP contribution in [-0.4, -0.2) is 23.6 Å². The highest BCUT2D eigenvalue weighted by molar-refractivity contribution is 9.10. The minimum atomic E-state index is -0.694. The van der Waals surface area contributed by atoms with E-state index < -0.39 is 6.10 Å². The standard InChI is InChI=1S/C13H18BrClFNO/c1-13(2,3)8-4-10(14)12(11(16)5-8)17-7-9(18)6-15/h4-5,9,17-18H,6-7H2,1-3H3. The van der Waals surface area contributed by atoms with Gasteiger partial charge in [0, 0.05) is 11.0 Å². The number of halogens is 3. The maximum Gasteiger partial charge on any atom is 0.147 e. The van der Waals surface area contributed by atoms with Crippen LogP contribution in [0.4, 0.5) is 10.1 Å². The van der Waals surface area contributed by atoms with Gasteiger partial charge in [-0.05, 0) is 39.0 Å². The average molecular weight is 339 g/mol. The van der Waals surface area contributed by atoms with Gasteiger partial charge in [0.15, 0.2) is 0 Å². The molecule has 0 amide bonds. The highest BCUT2D eigenvalue weighted by Crippen LogP contribution is 2.32. The van der Waals surface area contributed by atoms with Gasteiger partial charge in [0.2, 0.25) is 0 Å². The lowest BCUT2D eigenvalue weighted by atomic mass is 9.87. The van der Waals surface area contributed by atoms with Crippen molar-refractivity contribution in [2.75, 3.05) is 17.7 Å². The molecule has 2 nitrogen and oxygen atoms in total. The van der Waals surface area contributed by atoms with Crippen molar-refractivity contribution in [1.82, 2.24) is 0 Å². The third-order valence-corrected chi connectivity index (χ3v) is 3.58. The van der Waals surface area contributed by atoms with E-state index in [-0.39, 0.29) is 23.7 Å². The molecule has 102 valence electrons. The van der Waals surface area contributed by atoms with Gasteiger partial charge in [0.1, 0.15) is 5.82 Å². The maximum atomic E-state index is 14.0. The van der Waals surface area contributed by atoms with Crippen LogP contribution in [0.3, 0.4) is 0 Å². The summed E-state index contributed by atoms with van der Waals surface area (Å²) in [5, 5.41) is 12.2. The monoisotopic (exact) mass is 337 g/mol. The fourth-order valence-electron chi connectivity index (χ4n) is 1.45. The summed E-state index contributed by atoms with van der Waals surface area (Å²) >= 11 is 8.83. The van der Waals surface area contributed by atoms with Gasteiger partial charge in [-0.15, -0.1) is 11.6 Å². The van der Waals surface area contributed by atoms with Crippen molar-refractivity contribution in [2.45, 2.75) is 32.3 Å². The summed E-state index contributed by atoms with van der Waals surface area (Å²) in [5.41, 5.74) is 1.15. The van der Waals surface area contributed by atoms with Crippen molar-refractivity contribution in [2.24, 2.45) is 0 Å². The summed E-state index contributed by atoms with van der Waals surface area (Å²) in [6.07, 6.45) is -0.694. The van der Waals surface area contributed by atoms with Crippen LogP contribution in [0.15, 0.2) is 16.6 Å². The molecule has 0 radical (unpaired) electrons. The second kappa shape index (κ2) is 6.22. The van der Waals surface area contributed by atoms with E-state index in [9.17, 15) is 9.50 Å². The van der Waals surface area contributed by atoms with E-state index in [0.29, 0.717) is 10.2 Å². The molecule has 0 spiro atoms. The number of hydrogen-bond acceptors (Lipinski definition) is 2. The zero-order valence-corrected chi connectivity index (χ0v) is 13.1. The number of nitrogens with one attached hydrogen (secondary N) is 1. The number of anilines is 1. The van der Waals surface area contributed by atoms with E-state index in [2.05, 4.69) is 21.2 Å². The molecule has 0 bridgehead atoms. The van der Waals surface area contributed by atoms with Gasteiger partial charge in [0.05, 0.1) is 17.7 Å². The molecule has 0 fully saturated rings. The second-order valence-corrected chi connectivity index (χ2v) is 6.42. The number of rotatable bonds is 4. The summed E-state index contributed by atoms with van der Waals surface area (Å²) in [5.74, 6) is -0.220. The quantitative estimate of drug-likeness (QED) is 0.816. The van der Waals surface area contributed by atoms with Gasteiger partial charge in [0.25, 0.3) is 0 Å². The van der Waals surface area contributed by atoms with Crippen molar-refractivity contribution in [1.29, 1.82) is 0 Å². The lowest BCUT2D eigenvalue weighted by Gasteiger charge is -2.21. The van der Waals surface area contributed by atoms with Crippen molar-refractivity contribution in [3.05, 3.63) is 28.0 Å². The average Bonchev–Trinajstić information content (AvgIpc) is 2.26. The van der Waals surface area contributed by atoms with Crippen molar-refractivity contribution in [3.8, 4) is 0 Å². The highest BCUT2D eigenvalue weighted by atomic mass is 79.9. The molecule has 0 saturated carbocycles. The van der Waals surface area contributed by atoms with Gasteiger partial charge >= 0.3 is 0 Å². The van der Waals surface area contributed by atoms with Crippen LogP contribution in [0.5, 0.6) is 0 Å². The molecule has 0 aliphatic carbocycles. The molecule has 0 heterocycles. The first-order chi connectivity index (χ1) is 8.25. The summed E-state index contributed by atoms with van der Waals surface area (Å²) < 4.78 is 14.6. The fraction of sp³-hybridized carbons (Fsp3) is 0.538. The Bertz CT molecular complexity index is 397. The SMILES string of the molecule is CC(C)(C)c1cc(F)c(NCC(O)CCl)c(Br)c1. The van der Waals surface area contributed by atoms with Gasteiger partial charge in [-0.1, -0.05) is 20.8 Å². The molecule has 0 saturated heterocycles. The van der Waals surface area contributed by atoms with Crippen LogP contribution in [0, 0.1) is 5.82 Å². The van der Waals surface area contributed by atoms with E-state index >= 15 is 0 Å². The summed E-state index contributed by atoms with van der Waals surface area (Å²) in [6.45, 7) is 6.30. The molecule has 1 atom stereocenters. The molecule has 2 N–H and O–H groups in total. The molecule has 1 unspecified atom stereocenters. The van der Waals surface area contributed by atoms with Crippen molar-refractivity contribution < 1.29 is 9.50 Å². The van der Waals surface area contributed by atoms with E-state index in [0.717, 1.165) is 5.56 Å². The minimum absolute atomic E-state index is 0.114. The lowest BCUT2D eigenvalue weighted by molar-refractivity contribution is 0.211. The predicted molar refractivity (Wildman–Crippen MR) is 78.0 cm³/mol. The first-order valence-electron chi connectivity index (χ1n) is 5.73. The molecule has 18 heavy (non-hydrogen) atoms. The van der Waals surface area contributed by atoms with E-state index in [4.69, 9.17) is 11.6 Å². The first-order valence-corrected chi connectivity index (χ1v) is 7.06. The Labute approximate surface area is 121 Å². The van der Waals surface area contributed by atoms with E-state index in [1.165, 1.54) is 6.07 Å². The van der Waals surface area contributed by atoms with Crippen molar-refractivity contribution in [3.63, 3.8) is 0 Å². The zero-order valence-electron chi connectivity index (χ0n) is 10.7. The van der Waals surface area contributed by atoms with Gasteiger partial charge in [-0.25, -0.2) is 4.39 Å². The largest absolute Gasteiger partial charge is 0.390 e. The molecule has 0 aliphatic heterocycles. The third kappa shape index (κ3) is 4.11. The van der Waals surface area contributed by atoms with Gasteiger partial charge in [-0.3, -0.25) is 0 Å². The Balaban J connectivity index is 2.95. The molecular weight excluding hydrogens is 321 g/mol. The molecule has 0 aromatic heterocycles. The number of aliphatic hydroxyl groups is 1. The van der Waals surface area contributed by atoms with Crippen LogP contribution in [0.25, 0.3) is 0 Å². The highest BCUT2D eigenvalue weighted by Gasteiger charge is 2.18. The number of hydrogen-bond donors (Lipinski definition) is 2. The molecule has 5 heteroatoms. The smallest absolute Gasteiger partial charge is 0.147 e. The van der Waals surface area contributed by atoms with Gasteiger partial charge in [-0.2, -0.15) is 0 Å². The van der Waals surface area contributed by atoms with Crippen LogP contribution in [-0.2, 0) is 5.41 Å². The summed E-state index contributed by atoms with van der Waals surface area (Å²) in [6, 6.07) is 3.40. The number of alkyl halides is 1. The second-order valence-electron chi connectivity index (χ2n) is 5.25. The molecule has 1 rings (SSSR count). The Hall–Kier alpha value is -0.320. The predicted octanol–water partition coefficient (Wildman–Crippen LogP) is 3.90. The van der Waals surface area contributed by atoms with Crippen LogP contribution in [0.1, 0.15) is 26.3 Å². The molecule has 1 aromatic rings. The first kappa shape index (κ1) is 15.7. The molecule has 0 aliphatic rings. The van der Waals surface area contributed by atoms with E-state index in [1.807, 2.05) is 26.8 Å². The fourth-order valence-corrected chi connectivity index (χ4v) is 2.13. The number of benzene rings is 1. The normalized spacial score (nSPS) is 13.5. The summed E-state index contributed by atoms with van der Waals surface area (Å²) in [4.78, 5) is 0. The Kier molecular flexibility index (Phi) is 5.44. The van der Waals surface area contributed by atoms with Gasteiger partial charge < -0.3 is 10.4 Å². The molecule has 1 aromatic carbocycles. The maximum absolute atomic E-state index is 14.0.